The molecule has 10 heteroatoms. The van der Waals surface area contributed by atoms with Crippen LogP contribution in [0.1, 0.15) is 59.2 Å². The summed E-state index contributed by atoms with van der Waals surface area (Å²) >= 11 is 8.72. The van der Waals surface area contributed by atoms with Crippen molar-refractivity contribution in [1.29, 1.82) is 0 Å². The van der Waals surface area contributed by atoms with E-state index in [0.29, 0.717) is 44.5 Å². The minimum Gasteiger partial charge on any atom is -0.507 e. The number of carbonyl (C=O) groups is 2. The van der Waals surface area contributed by atoms with Gasteiger partial charge in [-0.05, 0) is 77.1 Å². The van der Waals surface area contributed by atoms with E-state index in [4.69, 9.17) is 16.3 Å². The number of benzene rings is 4. The first-order valence-electron chi connectivity index (χ1n) is 15.1. The van der Waals surface area contributed by atoms with Crippen LogP contribution in [0.2, 0.25) is 5.02 Å². The average molecular weight is 682 g/mol. The minimum absolute atomic E-state index is 0.00792. The number of hydrogen-bond acceptors (Lipinski definition) is 8. The van der Waals surface area contributed by atoms with E-state index in [1.165, 1.54) is 28.0 Å². The number of nitrogens with zero attached hydrogens (tertiary/aromatic N) is 3. The van der Waals surface area contributed by atoms with Crippen LogP contribution in [0.15, 0.2) is 107 Å². The molecule has 1 saturated heterocycles. The van der Waals surface area contributed by atoms with Gasteiger partial charge in [-0.1, -0.05) is 109 Å². The van der Waals surface area contributed by atoms with Crippen LogP contribution in [0.5, 0.6) is 5.75 Å². The number of thioether (sulfide) groups is 1. The first-order chi connectivity index (χ1) is 22.7. The van der Waals surface area contributed by atoms with Gasteiger partial charge in [-0.2, -0.15) is 0 Å². The zero-order chi connectivity index (χ0) is 33.1. The molecule has 1 N–H and O–H groups in total. The van der Waals surface area contributed by atoms with Gasteiger partial charge in [0.2, 0.25) is 5.13 Å². The van der Waals surface area contributed by atoms with Crippen molar-refractivity contribution in [2.45, 2.75) is 49.4 Å². The molecule has 1 aromatic heterocycles. The molecule has 4 aromatic carbocycles. The van der Waals surface area contributed by atoms with Crippen LogP contribution >= 0.6 is 34.7 Å². The van der Waals surface area contributed by atoms with E-state index in [2.05, 4.69) is 24.0 Å². The molecule has 6 rings (SSSR count). The maximum Gasteiger partial charge on any atom is 0.301 e. The summed E-state index contributed by atoms with van der Waals surface area (Å²) in [6.45, 7) is 6.63. The van der Waals surface area contributed by atoms with E-state index in [9.17, 15) is 14.7 Å². The van der Waals surface area contributed by atoms with Crippen molar-refractivity contribution in [3.8, 4) is 5.75 Å². The molecule has 0 radical (unpaired) electrons. The first-order valence-corrected chi connectivity index (χ1v) is 17.3. The topological polar surface area (TPSA) is 92.6 Å². The number of amides is 1. The number of ketones is 1. The molecule has 1 fully saturated rings. The van der Waals surface area contributed by atoms with Gasteiger partial charge in [0, 0.05) is 16.3 Å². The summed E-state index contributed by atoms with van der Waals surface area (Å²) in [6, 6.07) is 29.3. The van der Waals surface area contributed by atoms with Gasteiger partial charge in [-0.25, -0.2) is 0 Å². The molecule has 0 bridgehead atoms. The van der Waals surface area contributed by atoms with Crippen LogP contribution in [-0.4, -0.2) is 27.0 Å². The summed E-state index contributed by atoms with van der Waals surface area (Å²) in [4.78, 5) is 28.7. The van der Waals surface area contributed by atoms with Crippen LogP contribution in [0.3, 0.4) is 0 Å². The predicted octanol–water partition coefficient (Wildman–Crippen LogP) is 9.12. The lowest BCUT2D eigenvalue weighted by atomic mass is 9.93. The third kappa shape index (κ3) is 7.12. The Morgan fingerprint density at radius 3 is 2.34 bits per heavy atom. The number of halogens is 1. The largest absolute Gasteiger partial charge is 0.507 e. The lowest BCUT2D eigenvalue weighted by Gasteiger charge is -2.23. The standard InChI is InChI=1S/C37H32ClN3O4S2/c1-22(2)25-10-12-26(13-11-25)32-31(33(42)27-14-18-30(19-15-27)45-20-28-7-5-4-6-23(28)3)34(43)35(44)41(32)36-39-40-37(47-36)46-21-24-8-16-29(38)17-9-24/h4-19,22,32,42H,20-21H2,1-3H3. The number of aromatic nitrogens is 2. The zero-order valence-electron chi connectivity index (χ0n) is 26.0. The highest BCUT2D eigenvalue weighted by Crippen LogP contribution is 2.44. The van der Waals surface area contributed by atoms with Crippen molar-refractivity contribution in [3.63, 3.8) is 0 Å². The van der Waals surface area contributed by atoms with Crippen molar-refractivity contribution in [2.24, 2.45) is 0 Å². The number of aryl methyl sites for hydroxylation is 1. The normalized spacial score (nSPS) is 15.9. The smallest absolute Gasteiger partial charge is 0.301 e. The summed E-state index contributed by atoms with van der Waals surface area (Å²) in [5, 5.41) is 21.2. The van der Waals surface area contributed by atoms with Crippen LogP contribution in [0.4, 0.5) is 5.13 Å². The molecule has 238 valence electrons. The summed E-state index contributed by atoms with van der Waals surface area (Å²) in [5.41, 5.74) is 5.45. The average Bonchev–Trinajstić information content (AvgIpc) is 3.65. The second kappa shape index (κ2) is 14.1. The highest BCUT2D eigenvalue weighted by Gasteiger charge is 2.48. The molecule has 1 amide bonds. The quantitative estimate of drug-likeness (QED) is 0.0517. The molecule has 0 spiro atoms. The van der Waals surface area contributed by atoms with Crippen molar-refractivity contribution < 1.29 is 19.4 Å². The number of carbonyl (C=O) groups excluding carboxylic acids is 2. The molecule has 0 saturated carbocycles. The third-order valence-corrected chi connectivity index (χ3v) is 10.4. The molecular formula is C37H32ClN3O4S2. The molecule has 2 heterocycles. The predicted molar refractivity (Wildman–Crippen MR) is 188 cm³/mol. The van der Waals surface area contributed by atoms with Gasteiger partial charge in [0.15, 0.2) is 4.34 Å². The second-order valence-electron chi connectivity index (χ2n) is 11.5. The highest BCUT2D eigenvalue weighted by molar-refractivity contribution is 8.00. The molecule has 7 nitrogen and oxygen atoms in total. The van der Waals surface area contributed by atoms with Gasteiger partial charge in [-0.3, -0.25) is 14.5 Å². The molecule has 1 atom stereocenters. The molecule has 1 aliphatic rings. The van der Waals surface area contributed by atoms with Crippen LogP contribution < -0.4 is 9.64 Å². The van der Waals surface area contributed by atoms with Crippen LogP contribution in [0, 0.1) is 6.92 Å². The van der Waals surface area contributed by atoms with Gasteiger partial charge in [0.05, 0.1) is 11.6 Å². The summed E-state index contributed by atoms with van der Waals surface area (Å²) in [5.74, 6) is -0.279. The Balaban J connectivity index is 1.31. The number of rotatable bonds is 10. The van der Waals surface area contributed by atoms with E-state index in [1.807, 2.05) is 79.7 Å². The second-order valence-corrected chi connectivity index (χ2v) is 14.1. The Hall–Kier alpha value is -4.44. The lowest BCUT2D eigenvalue weighted by molar-refractivity contribution is -0.132. The highest BCUT2D eigenvalue weighted by atomic mass is 35.5. The molecule has 1 aliphatic heterocycles. The lowest BCUT2D eigenvalue weighted by Crippen LogP contribution is -2.29. The fourth-order valence-corrected chi connectivity index (χ4v) is 7.24. The summed E-state index contributed by atoms with van der Waals surface area (Å²) < 4.78 is 6.62. The molecule has 47 heavy (non-hydrogen) atoms. The Morgan fingerprint density at radius 1 is 0.957 bits per heavy atom. The van der Waals surface area contributed by atoms with E-state index >= 15 is 0 Å². The first kappa shape index (κ1) is 32.5. The maximum absolute atomic E-state index is 13.7. The van der Waals surface area contributed by atoms with Crippen molar-refractivity contribution in [1.82, 2.24) is 10.2 Å². The van der Waals surface area contributed by atoms with Crippen LogP contribution in [-0.2, 0) is 21.9 Å². The molecular weight excluding hydrogens is 650 g/mol. The van der Waals surface area contributed by atoms with Gasteiger partial charge in [0.25, 0.3) is 5.78 Å². The number of hydrogen-bond donors (Lipinski definition) is 1. The Labute approximate surface area is 286 Å². The minimum atomic E-state index is -0.893. The van der Waals surface area contributed by atoms with Gasteiger partial charge in [-0.15, -0.1) is 10.2 Å². The fraction of sp³-hybridized carbons (Fsp3) is 0.189. The van der Waals surface area contributed by atoms with Gasteiger partial charge in [0.1, 0.15) is 18.1 Å². The number of ether oxygens (including phenoxy) is 1. The Bertz CT molecular complexity index is 1940. The third-order valence-electron chi connectivity index (χ3n) is 8.02. The zero-order valence-corrected chi connectivity index (χ0v) is 28.4. The van der Waals surface area contributed by atoms with Crippen LogP contribution in [0.25, 0.3) is 5.76 Å². The van der Waals surface area contributed by atoms with Crippen molar-refractivity contribution in [3.05, 3.63) is 141 Å². The van der Waals surface area contributed by atoms with E-state index in [0.717, 1.165) is 22.3 Å². The number of Topliss-reactive ketones (excluding diaryl/α,β-unsaturated/α-hetero) is 1. The summed E-state index contributed by atoms with van der Waals surface area (Å²) in [7, 11) is 0. The molecule has 1 unspecified atom stereocenters. The monoisotopic (exact) mass is 681 g/mol. The van der Waals surface area contributed by atoms with Gasteiger partial charge >= 0.3 is 5.91 Å². The SMILES string of the molecule is Cc1ccccc1COc1ccc(C(O)=C2C(=O)C(=O)N(c3nnc(SCc4ccc(Cl)cc4)s3)C2c2ccc(C(C)C)cc2)cc1. The molecule has 0 aliphatic carbocycles. The van der Waals surface area contributed by atoms with E-state index in [-0.39, 0.29) is 16.5 Å². The van der Waals surface area contributed by atoms with E-state index < -0.39 is 17.7 Å². The molecule has 5 aromatic rings. The number of aliphatic hydroxyl groups excluding tert-OH is 1. The van der Waals surface area contributed by atoms with Gasteiger partial charge < -0.3 is 9.84 Å². The van der Waals surface area contributed by atoms with E-state index in [1.54, 1.807) is 24.3 Å². The Morgan fingerprint density at radius 2 is 1.66 bits per heavy atom. The number of aliphatic hydroxyl groups is 1. The van der Waals surface area contributed by atoms with Crippen molar-refractivity contribution >= 4 is 57.3 Å². The maximum atomic E-state index is 13.7. The fourth-order valence-electron chi connectivity index (χ4n) is 5.29. The Kier molecular flexibility index (Phi) is 9.77. The number of anilines is 1. The summed E-state index contributed by atoms with van der Waals surface area (Å²) in [6.07, 6.45) is 0. The van der Waals surface area contributed by atoms with Crippen molar-refractivity contribution in [2.75, 3.05) is 4.90 Å².